The lowest BCUT2D eigenvalue weighted by Gasteiger charge is -2.36. The van der Waals surface area contributed by atoms with Crippen LogP contribution in [-0.4, -0.2) is 40.3 Å². The Morgan fingerprint density at radius 1 is 1.03 bits per heavy atom. The monoisotopic (exact) mass is 464 g/mol. The molecular formula is C25H31F3N2O3. The number of hydrogen-bond donors (Lipinski definition) is 1. The fourth-order valence-corrected chi connectivity index (χ4v) is 4.94. The summed E-state index contributed by atoms with van der Waals surface area (Å²) in [5.41, 5.74) is -3.45. The molecule has 5 nitrogen and oxygen atoms in total. The number of alkyl halides is 3. The average molecular weight is 465 g/mol. The molecule has 0 aromatic heterocycles. The van der Waals surface area contributed by atoms with Crippen molar-refractivity contribution in [2.24, 2.45) is 0 Å². The molecule has 8 heteroatoms. The van der Waals surface area contributed by atoms with E-state index in [1.54, 1.807) is 12.1 Å². The lowest BCUT2D eigenvalue weighted by molar-refractivity contribution is -0.191. The second-order valence-electron chi connectivity index (χ2n) is 10.0. The molecule has 1 fully saturated rings. The summed E-state index contributed by atoms with van der Waals surface area (Å²) < 4.78 is 43.9. The minimum atomic E-state index is -5.20. The molecule has 0 radical (unpaired) electrons. The molecule has 1 atom stereocenters. The predicted octanol–water partition coefficient (Wildman–Crippen LogP) is 5.05. The maximum Gasteiger partial charge on any atom is 0.425 e. The van der Waals surface area contributed by atoms with E-state index in [1.165, 1.54) is 19.1 Å². The molecule has 180 valence electrons. The topological polar surface area (TPSA) is 66.5 Å². The molecular weight excluding hydrogens is 433 g/mol. The number of ketones is 1. The Labute approximate surface area is 192 Å². The Morgan fingerprint density at radius 2 is 1.58 bits per heavy atom. The number of amides is 2. The van der Waals surface area contributed by atoms with Crippen LogP contribution in [0.25, 0.3) is 0 Å². The van der Waals surface area contributed by atoms with E-state index < -0.39 is 40.9 Å². The minimum Gasteiger partial charge on any atom is -0.326 e. The highest BCUT2D eigenvalue weighted by Gasteiger charge is 2.70. The SMILES string of the molecule is CC(=O)C1=C(C)N(C2CCCCC2)C(=O)[C@@]1(NC(=O)c1ccc(C(C)(C)C)cc1)C(F)(F)F. The Balaban J connectivity index is 2.06. The van der Waals surface area contributed by atoms with Crippen LogP contribution < -0.4 is 5.32 Å². The van der Waals surface area contributed by atoms with Gasteiger partial charge in [-0.1, -0.05) is 52.2 Å². The highest BCUT2D eigenvalue weighted by molar-refractivity contribution is 6.13. The van der Waals surface area contributed by atoms with Crippen molar-refractivity contribution < 1.29 is 27.6 Å². The molecule has 1 N–H and O–H groups in total. The summed E-state index contributed by atoms with van der Waals surface area (Å²) in [5, 5.41) is 1.95. The van der Waals surface area contributed by atoms with E-state index in [9.17, 15) is 27.6 Å². The molecule has 3 rings (SSSR count). The molecule has 1 heterocycles. The van der Waals surface area contributed by atoms with Crippen molar-refractivity contribution >= 4 is 17.6 Å². The quantitative estimate of drug-likeness (QED) is 0.678. The lowest BCUT2D eigenvalue weighted by Crippen LogP contribution is -2.66. The molecule has 0 saturated heterocycles. The normalized spacial score (nSPS) is 22.7. The van der Waals surface area contributed by atoms with Gasteiger partial charge < -0.3 is 10.2 Å². The number of halogens is 3. The van der Waals surface area contributed by atoms with Crippen LogP contribution in [-0.2, 0) is 15.0 Å². The van der Waals surface area contributed by atoms with Gasteiger partial charge in [0.25, 0.3) is 11.8 Å². The molecule has 2 aliphatic rings. The van der Waals surface area contributed by atoms with Crippen LogP contribution in [0.15, 0.2) is 35.5 Å². The first-order valence-corrected chi connectivity index (χ1v) is 11.3. The van der Waals surface area contributed by atoms with Crippen LogP contribution in [0.3, 0.4) is 0 Å². The Kier molecular flexibility index (Phi) is 6.52. The third-order valence-corrected chi connectivity index (χ3v) is 6.67. The highest BCUT2D eigenvalue weighted by atomic mass is 19.4. The number of allylic oxidation sites excluding steroid dienone is 1. The standard InChI is InChI=1S/C25H31F3N2O3/c1-15-20(16(2)31)24(25(26,27)28,22(33)30(15)19-9-7-6-8-10-19)29-21(32)17-11-13-18(14-12-17)23(3,4)5/h11-14,19H,6-10H2,1-5H3,(H,29,32)/t24-/m1/s1. The maximum atomic E-state index is 14.6. The number of hydrogen-bond acceptors (Lipinski definition) is 3. The van der Waals surface area contributed by atoms with Gasteiger partial charge in [-0.15, -0.1) is 0 Å². The smallest absolute Gasteiger partial charge is 0.326 e. The summed E-state index contributed by atoms with van der Waals surface area (Å²) in [6.45, 7) is 8.29. The minimum absolute atomic E-state index is 0.0175. The lowest BCUT2D eigenvalue weighted by atomic mass is 9.85. The molecule has 0 spiro atoms. The van der Waals surface area contributed by atoms with Crippen LogP contribution in [0.4, 0.5) is 13.2 Å². The Hall–Kier alpha value is -2.64. The first-order chi connectivity index (χ1) is 15.2. The van der Waals surface area contributed by atoms with E-state index >= 15 is 0 Å². The van der Waals surface area contributed by atoms with Gasteiger partial charge in [-0.3, -0.25) is 14.4 Å². The van der Waals surface area contributed by atoms with Crippen LogP contribution in [0.2, 0.25) is 0 Å². The van der Waals surface area contributed by atoms with E-state index in [1.807, 2.05) is 26.1 Å². The number of carbonyl (C=O) groups is 3. The van der Waals surface area contributed by atoms with Crippen molar-refractivity contribution in [3.63, 3.8) is 0 Å². The summed E-state index contributed by atoms with van der Waals surface area (Å²) >= 11 is 0. The van der Waals surface area contributed by atoms with Crippen molar-refractivity contribution in [3.8, 4) is 0 Å². The fourth-order valence-electron chi connectivity index (χ4n) is 4.94. The second kappa shape index (κ2) is 8.61. The van der Waals surface area contributed by atoms with Gasteiger partial charge in [-0.05, 0) is 49.8 Å². The predicted molar refractivity (Wildman–Crippen MR) is 118 cm³/mol. The van der Waals surface area contributed by atoms with E-state index in [2.05, 4.69) is 0 Å². The van der Waals surface area contributed by atoms with Gasteiger partial charge in [-0.2, -0.15) is 13.2 Å². The Bertz CT molecular complexity index is 984. The number of nitrogens with one attached hydrogen (secondary N) is 1. The zero-order valence-electron chi connectivity index (χ0n) is 19.7. The third kappa shape index (κ3) is 4.32. The molecule has 1 saturated carbocycles. The molecule has 1 aromatic carbocycles. The third-order valence-electron chi connectivity index (χ3n) is 6.67. The zero-order chi connectivity index (χ0) is 24.8. The molecule has 0 unspecified atom stereocenters. The average Bonchev–Trinajstić information content (AvgIpc) is 2.95. The van der Waals surface area contributed by atoms with Gasteiger partial charge in [0.2, 0.25) is 5.54 Å². The summed E-state index contributed by atoms with van der Waals surface area (Å²) in [4.78, 5) is 40.0. The number of carbonyl (C=O) groups excluding carboxylic acids is 3. The van der Waals surface area contributed by atoms with Crippen LogP contribution >= 0.6 is 0 Å². The van der Waals surface area contributed by atoms with Crippen LogP contribution in [0, 0.1) is 0 Å². The summed E-state index contributed by atoms with van der Waals surface area (Å²) in [5.74, 6) is -3.25. The van der Waals surface area contributed by atoms with Crippen molar-refractivity contribution in [2.45, 2.75) is 89.9 Å². The van der Waals surface area contributed by atoms with Gasteiger partial charge in [0.1, 0.15) is 0 Å². The molecule has 1 aliphatic carbocycles. The first kappa shape index (κ1) is 25.0. The van der Waals surface area contributed by atoms with E-state index in [0.29, 0.717) is 12.8 Å². The Morgan fingerprint density at radius 3 is 2.03 bits per heavy atom. The molecule has 33 heavy (non-hydrogen) atoms. The van der Waals surface area contributed by atoms with Gasteiger partial charge in [0.05, 0.1) is 5.57 Å². The fraction of sp³-hybridized carbons (Fsp3) is 0.560. The van der Waals surface area contributed by atoms with Crippen LogP contribution in [0.5, 0.6) is 0 Å². The molecule has 2 amide bonds. The zero-order valence-corrected chi connectivity index (χ0v) is 19.7. The first-order valence-electron chi connectivity index (χ1n) is 11.3. The number of nitrogens with zero attached hydrogens (tertiary/aromatic N) is 1. The van der Waals surface area contributed by atoms with Gasteiger partial charge >= 0.3 is 6.18 Å². The summed E-state index contributed by atoms with van der Waals surface area (Å²) in [6.07, 6.45) is -1.54. The second-order valence-corrected chi connectivity index (χ2v) is 10.0. The van der Waals surface area contributed by atoms with Gasteiger partial charge in [-0.25, -0.2) is 0 Å². The van der Waals surface area contributed by atoms with Crippen molar-refractivity contribution in [1.29, 1.82) is 0 Å². The highest BCUT2D eigenvalue weighted by Crippen LogP contribution is 2.47. The molecule has 0 bridgehead atoms. The van der Waals surface area contributed by atoms with E-state index in [-0.39, 0.29) is 16.7 Å². The largest absolute Gasteiger partial charge is 0.425 e. The maximum absolute atomic E-state index is 14.6. The van der Waals surface area contributed by atoms with Crippen LogP contribution in [0.1, 0.15) is 82.6 Å². The number of benzene rings is 1. The van der Waals surface area contributed by atoms with Gasteiger partial charge in [0.15, 0.2) is 5.78 Å². The summed E-state index contributed by atoms with van der Waals surface area (Å²) in [7, 11) is 0. The van der Waals surface area contributed by atoms with E-state index in [4.69, 9.17) is 0 Å². The van der Waals surface area contributed by atoms with Crippen molar-refractivity contribution in [3.05, 3.63) is 46.7 Å². The summed E-state index contributed by atoms with van der Waals surface area (Å²) in [6, 6.07) is 5.79. The molecule has 1 aliphatic heterocycles. The van der Waals surface area contributed by atoms with Gasteiger partial charge in [0, 0.05) is 17.3 Å². The van der Waals surface area contributed by atoms with E-state index in [0.717, 1.165) is 36.6 Å². The van der Waals surface area contributed by atoms with Crippen molar-refractivity contribution in [2.75, 3.05) is 0 Å². The molecule has 1 aromatic rings. The number of rotatable bonds is 4. The number of Topliss-reactive ketones (excluding diaryl/α,β-unsaturated/α-hetero) is 1. The van der Waals surface area contributed by atoms with Crippen molar-refractivity contribution in [1.82, 2.24) is 10.2 Å².